The van der Waals surface area contributed by atoms with Crippen LogP contribution in [0.1, 0.15) is 41.8 Å². The molecule has 2 amide bonds. The number of anilines is 2. The molecule has 0 atom stereocenters. The standard InChI is InChI=1S/C21H25N3O5S2/c1-29-17-14-15(7-8-16(17)24-12-5-6-19(24)25)22-21(26)20-18(9-13-30-20)31(27,28)23-10-3-2-4-11-23/h7-9,13-14H,2-6,10-12H2,1H3,(H,22,26). The summed E-state index contributed by atoms with van der Waals surface area (Å²) >= 11 is 1.10. The van der Waals surface area contributed by atoms with Crippen molar-refractivity contribution in [3.05, 3.63) is 34.5 Å². The van der Waals surface area contributed by atoms with Crippen LogP contribution in [0.4, 0.5) is 11.4 Å². The Bertz CT molecular complexity index is 1090. The van der Waals surface area contributed by atoms with E-state index < -0.39 is 15.9 Å². The normalized spacial score (nSPS) is 17.7. The van der Waals surface area contributed by atoms with E-state index in [-0.39, 0.29) is 15.7 Å². The first-order chi connectivity index (χ1) is 14.9. The topological polar surface area (TPSA) is 96.0 Å². The lowest BCUT2D eigenvalue weighted by molar-refractivity contribution is -0.117. The van der Waals surface area contributed by atoms with Crippen molar-refractivity contribution in [2.45, 2.75) is 37.0 Å². The van der Waals surface area contributed by atoms with E-state index >= 15 is 0 Å². The molecule has 3 heterocycles. The molecule has 1 aromatic heterocycles. The van der Waals surface area contributed by atoms with Crippen LogP contribution in [0.15, 0.2) is 34.5 Å². The zero-order valence-electron chi connectivity index (χ0n) is 17.3. The summed E-state index contributed by atoms with van der Waals surface area (Å²) in [7, 11) is -2.20. The molecular weight excluding hydrogens is 438 g/mol. The highest BCUT2D eigenvalue weighted by Crippen LogP contribution is 2.34. The van der Waals surface area contributed by atoms with Crippen LogP contribution in [-0.2, 0) is 14.8 Å². The zero-order chi connectivity index (χ0) is 22.0. The third kappa shape index (κ3) is 4.32. The Hall–Kier alpha value is -2.43. The fraction of sp³-hybridized carbons (Fsp3) is 0.429. The molecule has 2 aliphatic heterocycles. The highest BCUT2D eigenvalue weighted by atomic mass is 32.2. The Balaban J connectivity index is 1.56. The molecule has 1 N–H and O–H groups in total. The molecule has 1 aromatic carbocycles. The van der Waals surface area contributed by atoms with Gasteiger partial charge in [0.05, 0.1) is 12.8 Å². The highest BCUT2D eigenvalue weighted by Gasteiger charge is 2.31. The van der Waals surface area contributed by atoms with E-state index in [0.29, 0.717) is 43.2 Å². The smallest absolute Gasteiger partial charge is 0.267 e. The Morgan fingerprint density at radius 3 is 2.55 bits per heavy atom. The van der Waals surface area contributed by atoms with Gasteiger partial charge in [-0.2, -0.15) is 4.31 Å². The number of piperidine rings is 1. The van der Waals surface area contributed by atoms with Crippen molar-refractivity contribution in [1.82, 2.24) is 4.31 Å². The van der Waals surface area contributed by atoms with Gasteiger partial charge in [0.1, 0.15) is 15.5 Å². The quantitative estimate of drug-likeness (QED) is 0.709. The number of carbonyl (C=O) groups is 2. The molecule has 0 spiro atoms. The molecule has 31 heavy (non-hydrogen) atoms. The summed E-state index contributed by atoms with van der Waals surface area (Å²) < 4.78 is 33.0. The second-order valence-corrected chi connectivity index (χ2v) is 10.4. The number of methoxy groups -OCH3 is 1. The van der Waals surface area contributed by atoms with Crippen molar-refractivity contribution in [1.29, 1.82) is 0 Å². The van der Waals surface area contributed by atoms with Gasteiger partial charge in [0.25, 0.3) is 5.91 Å². The van der Waals surface area contributed by atoms with Gasteiger partial charge >= 0.3 is 0 Å². The van der Waals surface area contributed by atoms with E-state index in [1.807, 2.05) is 0 Å². The van der Waals surface area contributed by atoms with Crippen molar-refractivity contribution in [2.75, 3.05) is 37.0 Å². The fourth-order valence-electron chi connectivity index (χ4n) is 3.98. The SMILES string of the molecule is COc1cc(NC(=O)c2sccc2S(=O)(=O)N2CCCCC2)ccc1N1CCCC1=O. The van der Waals surface area contributed by atoms with Crippen LogP contribution >= 0.6 is 11.3 Å². The minimum absolute atomic E-state index is 0.0428. The number of nitrogens with zero attached hydrogens (tertiary/aromatic N) is 2. The van der Waals surface area contributed by atoms with Gasteiger partial charge in [-0.1, -0.05) is 6.42 Å². The van der Waals surface area contributed by atoms with Crippen molar-refractivity contribution in [2.24, 2.45) is 0 Å². The van der Waals surface area contributed by atoms with Gasteiger partial charge in [-0.05, 0) is 42.8 Å². The van der Waals surface area contributed by atoms with Crippen LogP contribution in [0.25, 0.3) is 0 Å². The van der Waals surface area contributed by atoms with E-state index in [2.05, 4.69) is 5.32 Å². The summed E-state index contributed by atoms with van der Waals surface area (Å²) in [6.07, 6.45) is 3.98. The van der Waals surface area contributed by atoms with Gasteiger partial charge in [-0.15, -0.1) is 11.3 Å². The van der Waals surface area contributed by atoms with E-state index in [1.165, 1.54) is 17.5 Å². The number of nitrogens with one attached hydrogen (secondary N) is 1. The number of hydrogen-bond donors (Lipinski definition) is 1. The summed E-state index contributed by atoms with van der Waals surface area (Å²) in [4.78, 5) is 26.9. The van der Waals surface area contributed by atoms with E-state index in [0.717, 1.165) is 37.0 Å². The molecule has 2 aromatic rings. The van der Waals surface area contributed by atoms with Gasteiger partial charge in [0.15, 0.2) is 0 Å². The van der Waals surface area contributed by atoms with Crippen molar-refractivity contribution < 1.29 is 22.7 Å². The molecule has 166 valence electrons. The Kier molecular flexibility index (Phi) is 6.31. The maximum atomic E-state index is 13.0. The summed E-state index contributed by atoms with van der Waals surface area (Å²) in [5.41, 5.74) is 1.12. The molecule has 0 bridgehead atoms. The monoisotopic (exact) mass is 463 g/mol. The predicted octanol–water partition coefficient (Wildman–Crippen LogP) is 3.31. The van der Waals surface area contributed by atoms with E-state index in [4.69, 9.17) is 4.74 Å². The van der Waals surface area contributed by atoms with Crippen LogP contribution in [0.2, 0.25) is 0 Å². The summed E-state index contributed by atoms with van der Waals surface area (Å²) in [6.45, 7) is 1.59. The molecule has 2 aliphatic rings. The summed E-state index contributed by atoms with van der Waals surface area (Å²) in [6, 6.07) is 6.56. The molecule has 8 nitrogen and oxygen atoms in total. The zero-order valence-corrected chi connectivity index (χ0v) is 18.9. The lowest BCUT2D eigenvalue weighted by Crippen LogP contribution is -2.36. The maximum absolute atomic E-state index is 13.0. The first kappa shape index (κ1) is 21.8. The second kappa shape index (κ2) is 8.97. The molecule has 4 rings (SSSR count). The molecule has 2 fully saturated rings. The van der Waals surface area contributed by atoms with Crippen LogP contribution in [0, 0.1) is 0 Å². The van der Waals surface area contributed by atoms with Crippen LogP contribution in [-0.4, -0.2) is 51.3 Å². The summed E-state index contributed by atoms with van der Waals surface area (Å²) in [5.74, 6) is 0.0271. The molecule has 0 aliphatic carbocycles. The highest BCUT2D eigenvalue weighted by molar-refractivity contribution is 7.89. The number of amides is 2. The summed E-state index contributed by atoms with van der Waals surface area (Å²) in [5, 5.41) is 4.39. The third-order valence-electron chi connectivity index (χ3n) is 5.57. The molecule has 0 unspecified atom stereocenters. The average molecular weight is 464 g/mol. The van der Waals surface area contributed by atoms with E-state index in [9.17, 15) is 18.0 Å². The van der Waals surface area contributed by atoms with Crippen LogP contribution in [0.5, 0.6) is 5.75 Å². The number of ether oxygens (including phenoxy) is 1. The second-order valence-electron chi connectivity index (χ2n) is 7.57. The molecule has 2 saturated heterocycles. The van der Waals surface area contributed by atoms with Crippen molar-refractivity contribution in [3.63, 3.8) is 0 Å². The van der Waals surface area contributed by atoms with Crippen molar-refractivity contribution >= 4 is 44.5 Å². The molecule has 10 heteroatoms. The predicted molar refractivity (Wildman–Crippen MR) is 119 cm³/mol. The van der Waals surface area contributed by atoms with Crippen molar-refractivity contribution in [3.8, 4) is 5.75 Å². The van der Waals surface area contributed by atoms with Gasteiger partial charge in [0.2, 0.25) is 15.9 Å². The molecule has 0 saturated carbocycles. The van der Waals surface area contributed by atoms with E-state index in [1.54, 1.807) is 28.5 Å². The minimum atomic E-state index is -3.71. The lowest BCUT2D eigenvalue weighted by Gasteiger charge is -2.25. The average Bonchev–Trinajstić information content (AvgIpc) is 3.44. The largest absolute Gasteiger partial charge is 0.494 e. The van der Waals surface area contributed by atoms with Gasteiger partial charge in [0, 0.05) is 37.8 Å². The molecule has 0 radical (unpaired) electrons. The number of thiophene rings is 1. The molecular formula is C21H25N3O5S2. The number of sulfonamides is 1. The number of benzene rings is 1. The lowest BCUT2D eigenvalue weighted by atomic mass is 10.2. The number of hydrogen-bond acceptors (Lipinski definition) is 6. The Labute approximate surface area is 185 Å². The first-order valence-electron chi connectivity index (χ1n) is 10.3. The Morgan fingerprint density at radius 1 is 1.10 bits per heavy atom. The fourth-order valence-corrected chi connectivity index (χ4v) is 6.79. The minimum Gasteiger partial charge on any atom is -0.494 e. The first-order valence-corrected chi connectivity index (χ1v) is 12.6. The van der Waals surface area contributed by atoms with Crippen LogP contribution in [0.3, 0.4) is 0 Å². The number of carbonyl (C=O) groups excluding carboxylic acids is 2. The van der Waals surface area contributed by atoms with Gasteiger partial charge in [-0.25, -0.2) is 8.42 Å². The Morgan fingerprint density at radius 2 is 1.87 bits per heavy atom. The van der Waals surface area contributed by atoms with Gasteiger partial charge < -0.3 is 15.0 Å². The van der Waals surface area contributed by atoms with Gasteiger partial charge in [-0.3, -0.25) is 9.59 Å². The third-order valence-corrected chi connectivity index (χ3v) is 8.55. The van der Waals surface area contributed by atoms with Crippen LogP contribution < -0.4 is 15.0 Å². The maximum Gasteiger partial charge on any atom is 0.267 e. The number of rotatable bonds is 6.